The van der Waals surface area contributed by atoms with E-state index in [1.54, 1.807) is 12.1 Å². The van der Waals surface area contributed by atoms with Gasteiger partial charge in [-0.05, 0) is 30.5 Å². The quantitative estimate of drug-likeness (QED) is 0.616. The van der Waals surface area contributed by atoms with Crippen molar-refractivity contribution >= 4 is 57.7 Å². The zero-order valence-corrected chi connectivity index (χ0v) is 14.2. The van der Waals surface area contributed by atoms with Crippen LogP contribution in [-0.2, 0) is 0 Å². The second kappa shape index (κ2) is 6.88. The second-order valence-electron chi connectivity index (χ2n) is 4.44. The molecule has 0 spiro atoms. The minimum atomic E-state index is -1.68. The van der Waals surface area contributed by atoms with E-state index >= 15 is 0 Å². The smallest absolute Gasteiger partial charge is 0.263 e. The Morgan fingerprint density at radius 2 is 1.86 bits per heavy atom. The summed E-state index contributed by atoms with van der Waals surface area (Å²) in [5, 5.41) is 7.52. The van der Waals surface area contributed by atoms with E-state index < -0.39 is 9.96 Å². The fraction of sp³-hybridized carbons (Fsp3) is 0.214. The van der Waals surface area contributed by atoms with Gasteiger partial charge in [-0.1, -0.05) is 58.6 Å². The number of halogens is 3. The molecular weight excluding hydrogens is 351 g/mol. The molecule has 0 unspecified atom stereocenters. The van der Waals surface area contributed by atoms with Crippen LogP contribution in [0.3, 0.4) is 0 Å². The predicted molar refractivity (Wildman–Crippen MR) is 90.7 cm³/mol. The van der Waals surface area contributed by atoms with Crippen LogP contribution in [0, 0.1) is 6.92 Å². The number of amides is 1. The van der Waals surface area contributed by atoms with Crippen LogP contribution in [0.15, 0.2) is 41.8 Å². The molecule has 7 heteroatoms. The van der Waals surface area contributed by atoms with Crippen LogP contribution in [0.5, 0.6) is 0 Å². The molecule has 0 bridgehead atoms. The molecule has 1 atom stereocenters. The lowest BCUT2D eigenvalue weighted by atomic mass is 10.2. The van der Waals surface area contributed by atoms with Gasteiger partial charge in [0.15, 0.2) is 0 Å². The first-order valence-electron chi connectivity index (χ1n) is 6.10. The molecule has 2 rings (SSSR count). The van der Waals surface area contributed by atoms with Crippen molar-refractivity contribution in [1.82, 2.24) is 5.32 Å². The summed E-state index contributed by atoms with van der Waals surface area (Å²) in [6.45, 7) is 1.98. The molecule has 2 N–H and O–H groups in total. The molecular formula is C14H13Cl3N2OS. The maximum absolute atomic E-state index is 12.1. The van der Waals surface area contributed by atoms with E-state index in [4.69, 9.17) is 34.8 Å². The van der Waals surface area contributed by atoms with Crippen molar-refractivity contribution in [3.63, 3.8) is 0 Å². The number of carbonyl (C=O) groups is 1. The van der Waals surface area contributed by atoms with Gasteiger partial charge in [0.05, 0.1) is 4.88 Å². The van der Waals surface area contributed by atoms with Crippen LogP contribution in [0.1, 0.15) is 15.2 Å². The number of hydrogen-bond acceptors (Lipinski definition) is 3. The van der Waals surface area contributed by atoms with Crippen molar-refractivity contribution < 1.29 is 4.79 Å². The molecule has 0 aliphatic carbocycles. The lowest BCUT2D eigenvalue weighted by Gasteiger charge is -2.27. The third-order valence-corrected chi connectivity index (χ3v) is 4.23. The van der Waals surface area contributed by atoms with Crippen molar-refractivity contribution in [2.24, 2.45) is 0 Å². The highest BCUT2D eigenvalue weighted by molar-refractivity contribution is 7.12. The summed E-state index contributed by atoms with van der Waals surface area (Å²) in [6.07, 6.45) is -0.847. The molecule has 0 saturated carbocycles. The summed E-state index contributed by atoms with van der Waals surface area (Å²) >= 11 is 19.2. The molecule has 1 aromatic heterocycles. The summed E-state index contributed by atoms with van der Waals surface area (Å²) in [7, 11) is 0. The van der Waals surface area contributed by atoms with Gasteiger partial charge in [-0.15, -0.1) is 11.3 Å². The average molecular weight is 364 g/mol. The summed E-state index contributed by atoms with van der Waals surface area (Å²) in [6, 6.07) is 11.1. The molecule has 21 heavy (non-hydrogen) atoms. The Kier molecular flexibility index (Phi) is 5.38. The first kappa shape index (κ1) is 16.4. The molecule has 0 aliphatic heterocycles. The largest absolute Gasteiger partial charge is 0.362 e. The molecule has 1 heterocycles. The van der Waals surface area contributed by atoms with Gasteiger partial charge in [-0.25, -0.2) is 0 Å². The van der Waals surface area contributed by atoms with E-state index in [-0.39, 0.29) is 5.91 Å². The van der Waals surface area contributed by atoms with Crippen molar-refractivity contribution in [2.75, 3.05) is 5.32 Å². The predicted octanol–water partition coefficient (Wildman–Crippen LogP) is 4.59. The van der Waals surface area contributed by atoms with Crippen molar-refractivity contribution in [2.45, 2.75) is 16.9 Å². The molecule has 0 saturated heterocycles. The fourth-order valence-electron chi connectivity index (χ4n) is 1.63. The van der Waals surface area contributed by atoms with Gasteiger partial charge >= 0.3 is 0 Å². The molecule has 1 amide bonds. The van der Waals surface area contributed by atoms with Crippen LogP contribution in [0.25, 0.3) is 0 Å². The summed E-state index contributed by atoms with van der Waals surface area (Å²) < 4.78 is -1.68. The number of aryl methyl sites for hydroxylation is 1. The van der Waals surface area contributed by atoms with Crippen LogP contribution in [-0.4, -0.2) is 15.9 Å². The second-order valence-corrected chi connectivity index (χ2v) is 7.75. The molecule has 112 valence electrons. The van der Waals surface area contributed by atoms with Gasteiger partial charge in [-0.2, -0.15) is 0 Å². The number of alkyl halides is 3. The van der Waals surface area contributed by atoms with Crippen LogP contribution in [0.2, 0.25) is 0 Å². The number of benzene rings is 1. The van der Waals surface area contributed by atoms with E-state index in [9.17, 15) is 4.79 Å². The Morgan fingerprint density at radius 3 is 2.38 bits per heavy atom. The first-order chi connectivity index (χ1) is 9.86. The minimum Gasteiger partial charge on any atom is -0.362 e. The van der Waals surface area contributed by atoms with Gasteiger partial charge in [0.25, 0.3) is 5.91 Å². The van der Waals surface area contributed by atoms with Crippen molar-refractivity contribution in [3.05, 3.63) is 52.2 Å². The third kappa shape index (κ3) is 4.78. The highest BCUT2D eigenvalue weighted by Gasteiger charge is 2.34. The first-order valence-corrected chi connectivity index (χ1v) is 8.12. The van der Waals surface area contributed by atoms with Crippen molar-refractivity contribution in [3.8, 4) is 0 Å². The topological polar surface area (TPSA) is 41.1 Å². The van der Waals surface area contributed by atoms with E-state index in [0.717, 1.165) is 11.3 Å². The summed E-state index contributed by atoms with van der Waals surface area (Å²) in [5.74, 6) is -0.291. The Labute approximate surface area is 142 Å². The zero-order chi connectivity index (χ0) is 15.5. The van der Waals surface area contributed by atoms with Gasteiger partial charge in [0.2, 0.25) is 3.79 Å². The number of rotatable bonds is 4. The van der Waals surface area contributed by atoms with E-state index in [1.165, 1.54) is 11.3 Å². The number of carbonyl (C=O) groups excluding carboxylic acids is 1. The Balaban J connectivity index is 2.12. The minimum absolute atomic E-state index is 0.291. The summed E-state index contributed by atoms with van der Waals surface area (Å²) in [5.41, 5.74) is 1.87. The molecule has 1 aromatic carbocycles. The Hall–Kier alpha value is -0.940. The lowest BCUT2D eigenvalue weighted by molar-refractivity contribution is 0.0946. The van der Waals surface area contributed by atoms with E-state index in [1.807, 2.05) is 36.6 Å². The van der Waals surface area contributed by atoms with Gasteiger partial charge in [-0.3, -0.25) is 4.79 Å². The van der Waals surface area contributed by atoms with Crippen molar-refractivity contribution in [1.29, 1.82) is 0 Å². The normalized spacial score (nSPS) is 12.8. The lowest BCUT2D eigenvalue weighted by Crippen LogP contribution is -2.48. The van der Waals surface area contributed by atoms with Gasteiger partial charge in [0, 0.05) is 5.69 Å². The third-order valence-electron chi connectivity index (χ3n) is 2.71. The highest BCUT2D eigenvalue weighted by atomic mass is 35.6. The van der Waals surface area contributed by atoms with Crippen LogP contribution < -0.4 is 10.6 Å². The molecule has 0 fully saturated rings. The Morgan fingerprint density at radius 1 is 1.19 bits per heavy atom. The van der Waals surface area contributed by atoms with Crippen LogP contribution >= 0.6 is 46.1 Å². The zero-order valence-electron chi connectivity index (χ0n) is 11.1. The maximum Gasteiger partial charge on any atom is 0.263 e. The number of anilines is 1. The number of hydrogen-bond donors (Lipinski definition) is 2. The maximum atomic E-state index is 12.1. The fourth-order valence-corrected chi connectivity index (χ4v) is 2.58. The Bertz CT molecular complexity index is 594. The van der Waals surface area contributed by atoms with Gasteiger partial charge < -0.3 is 10.6 Å². The number of thiophene rings is 1. The SMILES string of the molecule is Cc1ccc(N[C@@H](NC(=O)c2cccs2)C(Cl)(Cl)Cl)cc1. The van der Waals surface area contributed by atoms with Crippen LogP contribution in [0.4, 0.5) is 5.69 Å². The average Bonchev–Trinajstić information content (AvgIpc) is 2.93. The molecule has 2 aromatic rings. The molecule has 3 nitrogen and oxygen atoms in total. The summed E-state index contributed by atoms with van der Waals surface area (Å²) in [4.78, 5) is 12.6. The molecule has 0 aliphatic rings. The van der Waals surface area contributed by atoms with Gasteiger partial charge in [0.1, 0.15) is 6.17 Å². The van der Waals surface area contributed by atoms with E-state index in [0.29, 0.717) is 4.88 Å². The highest BCUT2D eigenvalue weighted by Crippen LogP contribution is 2.31. The van der Waals surface area contributed by atoms with E-state index in [2.05, 4.69) is 10.6 Å². The monoisotopic (exact) mass is 362 g/mol. The molecule has 0 radical (unpaired) electrons. The number of nitrogens with one attached hydrogen (secondary N) is 2. The standard InChI is InChI=1S/C14H13Cl3N2OS/c1-9-4-6-10(7-5-9)18-13(14(15,16)17)19-12(20)11-3-2-8-21-11/h2-8,13,18H,1H3,(H,19,20)/t13-/m0/s1.